The van der Waals surface area contributed by atoms with Gasteiger partial charge in [-0.3, -0.25) is 13.8 Å². The van der Waals surface area contributed by atoms with Crippen LogP contribution in [0.3, 0.4) is 0 Å². The number of phosphoric acid groups is 1. The molecular formula is C43H82NO7P. The summed E-state index contributed by atoms with van der Waals surface area (Å²) in [6.45, 7) is 4.20. The Balaban J connectivity index is 4.05. The van der Waals surface area contributed by atoms with E-state index < -0.39 is 13.9 Å². The average molecular weight is 756 g/mol. The third-order valence-electron chi connectivity index (χ3n) is 9.15. The first-order valence-electron chi connectivity index (χ1n) is 21.5. The summed E-state index contributed by atoms with van der Waals surface area (Å²) in [5.41, 5.74) is 5.36. The molecule has 0 aliphatic carbocycles. The number of nitrogens with two attached hydrogens (primary N) is 1. The third kappa shape index (κ3) is 39.8. The molecule has 0 aliphatic rings. The van der Waals surface area contributed by atoms with Gasteiger partial charge in [0.1, 0.15) is 6.61 Å². The third-order valence-corrected chi connectivity index (χ3v) is 10.1. The molecule has 0 saturated carbocycles. The quantitative estimate of drug-likeness (QED) is 0.0208. The minimum atomic E-state index is -4.26. The van der Waals surface area contributed by atoms with E-state index in [-0.39, 0.29) is 32.3 Å². The van der Waals surface area contributed by atoms with Crippen LogP contribution in [0, 0.1) is 0 Å². The first-order chi connectivity index (χ1) is 25.4. The molecule has 0 radical (unpaired) electrons. The Bertz CT molecular complexity index is 895. The maximum Gasteiger partial charge on any atom is 0.472 e. The molecule has 0 aromatic carbocycles. The predicted octanol–water partition coefficient (Wildman–Crippen LogP) is 13.0. The van der Waals surface area contributed by atoms with Gasteiger partial charge in [0.2, 0.25) is 0 Å². The van der Waals surface area contributed by atoms with Crippen LogP contribution in [0.1, 0.15) is 200 Å². The van der Waals surface area contributed by atoms with E-state index in [2.05, 4.69) is 38.2 Å². The highest BCUT2D eigenvalue weighted by Gasteiger charge is 2.24. The standard InChI is InChI=1S/C43H82NO7P/c1-3-5-7-9-11-13-15-17-19-20-21-22-23-24-26-28-30-32-34-36-43(45)49-40-42(41-51-52(46,47)50-39-37-44)48-38-35-33-31-29-27-25-18-16-14-12-10-8-6-4-2/h11,13,17,19,35,38,42H,3-10,12,14-16,18,20-34,36-37,39-41,44H2,1-2H3,(H,46,47)/t42-/m1/s1. The molecule has 0 bridgehead atoms. The Labute approximate surface area is 320 Å². The predicted molar refractivity (Wildman–Crippen MR) is 219 cm³/mol. The van der Waals surface area contributed by atoms with Crippen molar-refractivity contribution >= 4 is 13.8 Å². The van der Waals surface area contributed by atoms with Crippen molar-refractivity contribution in [2.45, 2.75) is 206 Å². The van der Waals surface area contributed by atoms with Gasteiger partial charge in [0.25, 0.3) is 0 Å². The van der Waals surface area contributed by atoms with Gasteiger partial charge in [-0.1, -0.05) is 167 Å². The summed E-state index contributed by atoms with van der Waals surface area (Å²) in [7, 11) is -4.26. The molecule has 0 aliphatic heterocycles. The normalized spacial score (nSPS) is 13.8. The van der Waals surface area contributed by atoms with Crippen molar-refractivity contribution in [2.24, 2.45) is 5.73 Å². The number of rotatable bonds is 41. The first kappa shape index (κ1) is 50.6. The Morgan fingerprint density at radius 2 is 1.04 bits per heavy atom. The summed E-state index contributed by atoms with van der Waals surface area (Å²) in [4.78, 5) is 22.3. The summed E-state index contributed by atoms with van der Waals surface area (Å²) >= 11 is 0. The minimum Gasteiger partial charge on any atom is -0.492 e. The van der Waals surface area contributed by atoms with Gasteiger partial charge in [0.05, 0.1) is 19.5 Å². The average Bonchev–Trinajstić information content (AvgIpc) is 3.14. The molecule has 306 valence electrons. The Hall–Kier alpha value is -1.44. The number of allylic oxidation sites excluding steroid dienone is 5. The van der Waals surface area contributed by atoms with Crippen LogP contribution in [0.2, 0.25) is 0 Å². The Kier molecular flexibility index (Phi) is 39.6. The van der Waals surface area contributed by atoms with E-state index in [1.165, 1.54) is 141 Å². The SMILES string of the molecule is CCCCCC=CCC=CCCCCCCCCCCCC(=O)OC[C@H](COP(=O)(O)OCCN)OC=CCCCCCCCCCCCCCC. The van der Waals surface area contributed by atoms with Gasteiger partial charge < -0.3 is 20.1 Å². The molecule has 0 heterocycles. The van der Waals surface area contributed by atoms with Crippen molar-refractivity contribution in [3.05, 3.63) is 36.6 Å². The molecule has 3 N–H and O–H groups in total. The van der Waals surface area contributed by atoms with Crippen molar-refractivity contribution < 1.29 is 32.8 Å². The monoisotopic (exact) mass is 756 g/mol. The zero-order valence-electron chi connectivity index (χ0n) is 33.8. The van der Waals surface area contributed by atoms with Crippen molar-refractivity contribution in [1.82, 2.24) is 0 Å². The van der Waals surface area contributed by atoms with Gasteiger partial charge in [0.15, 0.2) is 6.10 Å². The van der Waals surface area contributed by atoms with Crippen LogP contribution in [0.4, 0.5) is 0 Å². The lowest BCUT2D eigenvalue weighted by Crippen LogP contribution is -2.25. The van der Waals surface area contributed by atoms with Crippen molar-refractivity contribution in [3.63, 3.8) is 0 Å². The Morgan fingerprint density at radius 3 is 1.56 bits per heavy atom. The lowest BCUT2D eigenvalue weighted by molar-refractivity contribution is -0.147. The highest BCUT2D eigenvalue weighted by Crippen LogP contribution is 2.43. The lowest BCUT2D eigenvalue weighted by Gasteiger charge is -2.19. The van der Waals surface area contributed by atoms with Crippen LogP contribution in [-0.4, -0.2) is 43.3 Å². The second-order valence-corrected chi connectivity index (χ2v) is 15.7. The molecule has 1 unspecified atom stereocenters. The summed E-state index contributed by atoms with van der Waals surface area (Å²) in [6, 6.07) is 0. The van der Waals surface area contributed by atoms with Crippen LogP contribution < -0.4 is 5.73 Å². The molecule has 0 fully saturated rings. The topological polar surface area (TPSA) is 117 Å². The van der Waals surface area contributed by atoms with E-state index in [1.54, 1.807) is 6.26 Å². The number of hydrogen-bond donors (Lipinski definition) is 2. The fraction of sp³-hybridized carbons (Fsp3) is 0.837. The zero-order chi connectivity index (χ0) is 38.1. The second-order valence-electron chi connectivity index (χ2n) is 14.3. The number of unbranched alkanes of at least 4 members (excludes halogenated alkanes) is 24. The van der Waals surface area contributed by atoms with E-state index >= 15 is 0 Å². The summed E-state index contributed by atoms with van der Waals surface area (Å²) < 4.78 is 33.2. The molecule has 9 heteroatoms. The molecule has 0 aromatic heterocycles. The molecule has 0 rings (SSSR count). The molecule has 0 amide bonds. The van der Waals surface area contributed by atoms with Gasteiger partial charge in [-0.25, -0.2) is 4.57 Å². The molecule has 0 spiro atoms. The fourth-order valence-electron chi connectivity index (χ4n) is 5.89. The van der Waals surface area contributed by atoms with E-state index in [9.17, 15) is 14.3 Å². The molecule has 0 saturated heterocycles. The summed E-state index contributed by atoms with van der Waals surface area (Å²) in [5.74, 6) is -0.294. The fourth-order valence-corrected chi connectivity index (χ4v) is 6.66. The largest absolute Gasteiger partial charge is 0.492 e. The van der Waals surface area contributed by atoms with Crippen LogP contribution in [-0.2, 0) is 27.9 Å². The number of ether oxygens (including phenoxy) is 2. The summed E-state index contributed by atoms with van der Waals surface area (Å²) in [5, 5.41) is 0. The number of phosphoric ester groups is 1. The summed E-state index contributed by atoms with van der Waals surface area (Å²) in [6.07, 6.45) is 46.9. The van der Waals surface area contributed by atoms with Gasteiger partial charge >= 0.3 is 13.8 Å². The van der Waals surface area contributed by atoms with E-state index in [0.29, 0.717) is 6.42 Å². The van der Waals surface area contributed by atoms with E-state index in [4.69, 9.17) is 24.3 Å². The van der Waals surface area contributed by atoms with Gasteiger partial charge in [-0.05, 0) is 57.4 Å². The zero-order valence-corrected chi connectivity index (χ0v) is 34.7. The number of carbonyl (C=O) groups is 1. The van der Waals surface area contributed by atoms with E-state index in [1.807, 2.05) is 6.08 Å². The van der Waals surface area contributed by atoms with Crippen molar-refractivity contribution in [1.29, 1.82) is 0 Å². The van der Waals surface area contributed by atoms with Gasteiger partial charge in [-0.2, -0.15) is 0 Å². The van der Waals surface area contributed by atoms with Crippen LogP contribution in [0.15, 0.2) is 36.6 Å². The smallest absolute Gasteiger partial charge is 0.472 e. The van der Waals surface area contributed by atoms with Crippen molar-refractivity contribution in [2.75, 3.05) is 26.4 Å². The maximum absolute atomic E-state index is 12.4. The highest BCUT2D eigenvalue weighted by molar-refractivity contribution is 7.47. The first-order valence-corrected chi connectivity index (χ1v) is 23.0. The number of esters is 1. The highest BCUT2D eigenvalue weighted by atomic mass is 31.2. The van der Waals surface area contributed by atoms with Gasteiger partial charge in [0, 0.05) is 13.0 Å². The van der Waals surface area contributed by atoms with Crippen molar-refractivity contribution in [3.8, 4) is 0 Å². The molecule has 2 atom stereocenters. The maximum atomic E-state index is 12.4. The molecule has 52 heavy (non-hydrogen) atoms. The van der Waals surface area contributed by atoms with Gasteiger partial charge in [-0.15, -0.1) is 0 Å². The molecule has 8 nitrogen and oxygen atoms in total. The van der Waals surface area contributed by atoms with Crippen LogP contribution in [0.25, 0.3) is 0 Å². The molecule has 0 aromatic rings. The van der Waals surface area contributed by atoms with Crippen LogP contribution in [0.5, 0.6) is 0 Å². The van der Waals surface area contributed by atoms with Crippen LogP contribution >= 0.6 is 7.82 Å². The Morgan fingerprint density at radius 1 is 0.596 bits per heavy atom. The second kappa shape index (κ2) is 40.7. The molecular weight excluding hydrogens is 673 g/mol. The number of carbonyl (C=O) groups excluding carboxylic acids is 1. The number of hydrogen-bond acceptors (Lipinski definition) is 7. The lowest BCUT2D eigenvalue weighted by atomic mass is 10.0. The minimum absolute atomic E-state index is 0.0649. The van der Waals surface area contributed by atoms with E-state index in [0.717, 1.165) is 38.5 Å².